The molecule has 0 saturated carbocycles. The lowest BCUT2D eigenvalue weighted by molar-refractivity contribution is 0.525. The Hall–Kier alpha value is -1.26. The SMILES string of the molecule is CCCNC(c1ccccc1SC)c1nccn1CCC. The van der Waals surface area contributed by atoms with Gasteiger partial charge in [0.25, 0.3) is 0 Å². The molecule has 1 aromatic carbocycles. The first-order valence-corrected chi connectivity index (χ1v) is 8.91. The Morgan fingerprint density at radius 2 is 2.05 bits per heavy atom. The lowest BCUT2D eigenvalue weighted by Crippen LogP contribution is -2.26. The summed E-state index contributed by atoms with van der Waals surface area (Å²) in [7, 11) is 0. The summed E-state index contributed by atoms with van der Waals surface area (Å²) in [5.74, 6) is 1.12. The number of rotatable bonds is 8. The maximum Gasteiger partial charge on any atom is 0.130 e. The van der Waals surface area contributed by atoms with Gasteiger partial charge in [-0.25, -0.2) is 4.98 Å². The molecule has 1 aromatic heterocycles. The number of hydrogen-bond acceptors (Lipinski definition) is 3. The van der Waals surface area contributed by atoms with Crippen molar-refractivity contribution in [3.05, 3.63) is 48.0 Å². The van der Waals surface area contributed by atoms with Gasteiger partial charge in [-0.05, 0) is 37.3 Å². The number of thioether (sulfide) groups is 1. The molecular formula is C17H25N3S. The predicted octanol–water partition coefficient (Wildman–Crippen LogP) is 4.10. The normalized spacial score (nSPS) is 12.5. The van der Waals surface area contributed by atoms with Crippen LogP contribution in [-0.2, 0) is 6.54 Å². The highest BCUT2D eigenvalue weighted by Gasteiger charge is 2.20. The molecule has 3 nitrogen and oxygen atoms in total. The van der Waals surface area contributed by atoms with Gasteiger partial charge >= 0.3 is 0 Å². The van der Waals surface area contributed by atoms with Crippen LogP contribution in [0.25, 0.3) is 0 Å². The van der Waals surface area contributed by atoms with Crippen molar-refractivity contribution in [3.8, 4) is 0 Å². The molecule has 1 heterocycles. The van der Waals surface area contributed by atoms with E-state index < -0.39 is 0 Å². The van der Waals surface area contributed by atoms with Crippen LogP contribution in [0.3, 0.4) is 0 Å². The van der Waals surface area contributed by atoms with Crippen molar-refractivity contribution >= 4 is 11.8 Å². The van der Waals surface area contributed by atoms with Gasteiger partial charge in [0.15, 0.2) is 0 Å². The van der Waals surface area contributed by atoms with Crippen molar-refractivity contribution in [1.82, 2.24) is 14.9 Å². The lowest BCUT2D eigenvalue weighted by atomic mass is 10.1. The largest absolute Gasteiger partial charge is 0.333 e. The molecule has 0 fully saturated rings. The maximum atomic E-state index is 4.63. The third kappa shape index (κ3) is 3.89. The number of benzene rings is 1. The van der Waals surface area contributed by atoms with Crippen molar-refractivity contribution in [2.24, 2.45) is 0 Å². The highest BCUT2D eigenvalue weighted by molar-refractivity contribution is 7.98. The summed E-state index contributed by atoms with van der Waals surface area (Å²) in [5.41, 5.74) is 1.32. The standard InChI is InChI=1S/C17H25N3S/c1-4-10-18-16(14-8-6-7-9-15(14)21-3)17-19-11-13-20(17)12-5-2/h6-9,11,13,16,18H,4-5,10,12H2,1-3H3. The van der Waals surface area contributed by atoms with E-state index in [0.29, 0.717) is 0 Å². The molecule has 21 heavy (non-hydrogen) atoms. The molecule has 0 bridgehead atoms. The van der Waals surface area contributed by atoms with Crippen molar-refractivity contribution in [1.29, 1.82) is 0 Å². The molecule has 114 valence electrons. The minimum Gasteiger partial charge on any atom is -0.333 e. The van der Waals surface area contributed by atoms with Crippen molar-refractivity contribution < 1.29 is 0 Å². The van der Waals surface area contributed by atoms with Gasteiger partial charge in [0.1, 0.15) is 5.82 Å². The average Bonchev–Trinajstić information content (AvgIpc) is 2.97. The minimum absolute atomic E-state index is 0.162. The molecule has 2 aromatic rings. The zero-order chi connectivity index (χ0) is 15.1. The summed E-state index contributed by atoms with van der Waals surface area (Å²) in [4.78, 5) is 5.95. The van der Waals surface area contributed by atoms with Crippen molar-refractivity contribution in [2.75, 3.05) is 12.8 Å². The van der Waals surface area contributed by atoms with E-state index in [0.717, 1.165) is 31.8 Å². The van der Waals surface area contributed by atoms with E-state index in [1.54, 1.807) is 11.8 Å². The lowest BCUT2D eigenvalue weighted by Gasteiger charge is -2.22. The first kappa shape index (κ1) is 16.1. The number of imidazole rings is 1. The molecule has 0 saturated heterocycles. The van der Waals surface area contributed by atoms with Crippen LogP contribution in [0.15, 0.2) is 41.6 Å². The number of nitrogens with one attached hydrogen (secondary N) is 1. The number of aromatic nitrogens is 2. The minimum atomic E-state index is 0.162. The molecule has 0 radical (unpaired) electrons. The van der Waals surface area contributed by atoms with E-state index in [1.807, 2.05) is 6.20 Å². The molecule has 0 spiro atoms. The zero-order valence-corrected chi connectivity index (χ0v) is 14.0. The average molecular weight is 303 g/mol. The van der Waals surface area contributed by atoms with Crippen LogP contribution in [0.4, 0.5) is 0 Å². The van der Waals surface area contributed by atoms with Gasteiger partial charge in [-0.15, -0.1) is 11.8 Å². The quantitative estimate of drug-likeness (QED) is 0.745. The highest BCUT2D eigenvalue weighted by Crippen LogP contribution is 2.29. The van der Waals surface area contributed by atoms with Crippen LogP contribution in [0.5, 0.6) is 0 Å². The van der Waals surface area contributed by atoms with E-state index in [9.17, 15) is 0 Å². The summed E-state index contributed by atoms with van der Waals surface area (Å²) in [6, 6.07) is 8.78. The Kier molecular flexibility index (Phi) is 6.33. The first-order chi connectivity index (χ1) is 10.3. The molecule has 0 amide bonds. The van der Waals surface area contributed by atoms with Gasteiger partial charge in [-0.1, -0.05) is 32.0 Å². The number of aryl methyl sites for hydroxylation is 1. The third-order valence-corrected chi connectivity index (χ3v) is 4.33. The van der Waals surface area contributed by atoms with Gasteiger partial charge in [-0.3, -0.25) is 0 Å². The predicted molar refractivity (Wildman–Crippen MR) is 90.9 cm³/mol. The van der Waals surface area contributed by atoms with Gasteiger partial charge in [0, 0.05) is 23.8 Å². The van der Waals surface area contributed by atoms with Gasteiger partial charge in [0.2, 0.25) is 0 Å². The molecule has 0 aliphatic rings. The Balaban J connectivity index is 2.40. The Labute approximate surface area is 132 Å². The summed E-state index contributed by atoms with van der Waals surface area (Å²) in [6.07, 6.45) is 8.36. The second kappa shape index (κ2) is 8.25. The smallest absolute Gasteiger partial charge is 0.130 e. The second-order valence-electron chi connectivity index (χ2n) is 5.11. The molecule has 0 aliphatic heterocycles. The highest BCUT2D eigenvalue weighted by atomic mass is 32.2. The van der Waals surface area contributed by atoms with Crippen LogP contribution in [0.1, 0.15) is 44.1 Å². The maximum absolute atomic E-state index is 4.63. The van der Waals surface area contributed by atoms with Crippen LogP contribution in [0, 0.1) is 0 Å². The van der Waals surface area contributed by atoms with Crippen LogP contribution in [-0.4, -0.2) is 22.4 Å². The molecule has 4 heteroatoms. The van der Waals surface area contributed by atoms with E-state index >= 15 is 0 Å². The fourth-order valence-electron chi connectivity index (χ4n) is 2.54. The van der Waals surface area contributed by atoms with Crippen molar-refractivity contribution in [2.45, 2.75) is 44.2 Å². The summed E-state index contributed by atoms with van der Waals surface area (Å²) in [5, 5.41) is 3.66. The molecular weight excluding hydrogens is 278 g/mol. The summed E-state index contributed by atoms with van der Waals surface area (Å²) >= 11 is 1.80. The molecule has 2 rings (SSSR count). The topological polar surface area (TPSA) is 29.9 Å². The molecule has 1 atom stereocenters. The fraction of sp³-hybridized carbons (Fsp3) is 0.471. The van der Waals surface area contributed by atoms with Crippen LogP contribution >= 0.6 is 11.8 Å². The van der Waals surface area contributed by atoms with E-state index in [4.69, 9.17) is 0 Å². The van der Waals surface area contributed by atoms with Gasteiger partial charge in [-0.2, -0.15) is 0 Å². The Morgan fingerprint density at radius 1 is 1.24 bits per heavy atom. The van der Waals surface area contributed by atoms with Gasteiger partial charge < -0.3 is 9.88 Å². The van der Waals surface area contributed by atoms with Crippen molar-refractivity contribution in [3.63, 3.8) is 0 Å². The molecule has 1 unspecified atom stereocenters. The van der Waals surface area contributed by atoms with E-state index in [1.165, 1.54) is 10.5 Å². The summed E-state index contributed by atoms with van der Waals surface area (Å²) in [6.45, 7) is 6.41. The zero-order valence-electron chi connectivity index (χ0n) is 13.2. The van der Waals surface area contributed by atoms with Crippen LogP contribution in [0.2, 0.25) is 0 Å². The van der Waals surface area contributed by atoms with E-state index in [2.05, 4.69) is 65.4 Å². The Bertz CT molecular complexity index is 550. The number of hydrogen-bond donors (Lipinski definition) is 1. The van der Waals surface area contributed by atoms with Gasteiger partial charge in [0.05, 0.1) is 6.04 Å². The third-order valence-electron chi connectivity index (χ3n) is 3.52. The summed E-state index contributed by atoms with van der Waals surface area (Å²) < 4.78 is 2.27. The number of nitrogens with zero attached hydrogens (tertiary/aromatic N) is 2. The fourth-order valence-corrected chi connectivity index (χ4v) is 3.18. The second-order valence-corrected chi connectivity index (χ2v) is 5.96. The molecule has 0 aliphatic carbocycles. The molecule has 1 N–H and O–H groups in total. The monoisotopic (exact) mass is 303 g/mol. The van der Waals surface area contributed by atoms with E-state index in [-0.39, 0.29) is 6.04 Å². The van der Waals surface area contributed by atoms with Crippen LogP contribution < -0.4 is 5.32 Å². The first-order valence-electron chi connectivity index (χ1n) is 7.69. The Morgan fingerprint density at radius 3 is 2.76 bits per heavy atom.